The SMILES string of the molecule is NOC(=O)c1ccccc1N=Nc1c(SOOO)cc2cc(S(=O)(=O)O)cc(Nc3nc(O)nc(NNC(=O)CCCCC(=O)NNc4nc(O)nc(Nc5cc(SOOO)cc6cc(S(=O)(=O)O)c(N=Nc7ccccc7C(=O)ON)c(O)c56)n4)n3)c2c1O. The van der Waals surface area contributed by atoms with Gasteiger partial charge in [0.25, 0.3) is 20.2 Å². The monoisotopic (exact) mass is 1320 g/mol. The predicted molar refractivity (Wildman–Crippen MR) is 304 cm³/mol. The van der Waals surface area contributed by atoms with Crippen LogP contribution in [0.3, 0.4) is 0 Å². The lowest BCUT2D eigenvalue weighted by Crippen LogP contribution is -2.31. The van der Waals surface area contributed by atoms with Crippen LogP contribution in [0.5, 0.6) is 23.5 Å². The van der Waals surface area contributed by atoms with Gasteiger partial charge in [-0.2, -0.15) is 58.5 Å². The van der Waals surface area contributed by atoms with Gasteiger partial charge in [0.1, 0.15) is 27.6 Å². The van der Waals surface area contributed by atoms with Crippen molar-refractivity contribution in [3.63, 3.8) is 0 Å². The number of phenolic OH excluding ortho intramolecular Hbond substituents is 2. The molecule has 2 heterocycles. The minimum absolute atomic E-state index is 0.0364. The van der Waals surface area contributed by atoms with Crippen LogP contribution >= 0.6 is 24.1 Å². The van der Waals surface area contributed by atoms with Crippen molar-refractivity contribution in [2.24, 2.45) is 32.3 Å². The molecule has 0 aliphatic heterocycles. The average Bonchev–Trinajstić information content (AvgIpc) is 0.877. The summed E-state index contributed by atoms with van der Waals surface area (Å²) in [6.07, 6.45) is -0.260. The van der Waals surface area contributed by atoms with Crippen LogP contribution < -0.4 is 44.1 Å². The Morgan fingerprint density at radius 2 is 1.01 bits per heavy atom. The van der Waals surface area contributed by atoms with E-state index in [1.807, 2.05) is 0 Å². The van der Waals surface area contributed by atoms with Gasteiger partial charge in [0, 0.05) is 28.5 Å². The Balaban J connectivity index is 0.917. The second-order valence-electron chi connectivity index (χ2n) is 17.3. The fourth-order valence-electron chi connectivity index (χ4n) is 7.82. The van der Waals surface area contributed by atoms with Crippen LogP contribution in [0.2, 0.25) is 0 Å². The number of hydrogen-bond acceptors (Lipinski definition) is 38. The Labute approximate surface area is 509 Å². The lowest BCUT2D eigenvalue weighted by molar-refractivity contribution is -0.432. The maximum atomic E-state index is 12.9. The Morgan fingerprint density at radius 1 is 0.544 bits per heavy atom. The van der Waals surface area contributed by atoms with Crippen LogP contribution in [-0.2, 0) is 58.2 Å². The van der Waals surface area contributed by atoms with Gasteiger partial charge in [0.05, 0.1) is 56.4 Å². The van der Waals surface area contributed by atoms with Gasteiger partial charge < -0.3 is 40.7 Å². The summed E-state index contributed by atoms with van der Waals surface area (Å²) in [5.41, 5.74) is 6.82. The van der Waals surface area contributed by atoms with Gasteiger partial charge >= 0.3 is 24.0 Å². The molecule has 8 aromatic rings. The molecule has 0 radical (unpaired) electrons. The second-order valence-corrected chi connectivity index (χ2v) is 21.6. The van der Waals surface area contributed by atoms with Crippen molar-refractivity contribution >= 4 is 148 Å². The number of aromatic nitrogens is 6. The Hall–Kier alpha value is -10.5. The van der Waals surface area contributed by atoms with E-state index in [4.69, 9.17) is 22.3 Å². The molecule has 0 saturated heterocycles. The van der Waals surface area contributed by atoms with E-state index < -0.39 is 112 Å². The van der Waals surface area contributed by atoms with E-state index in [-0.39, 0.29) is 103 Å². The van der Waals surface area contributed by atoms with Crippen molar-refractivity contribution in [3.8, 4) is 23.5 Å². The largest absolute Gasteiger partial charge is 0.505 e. The Bertz CT molecular complexity index is 4410. The molecule has 18 N–H and O–H groups in total. The number of anilines is 6. The van der Waals surface area contributed by atoms with Crippen LogP contribution in [0.25, 0.3) is 21.5 Å². The zero-order valence-corrected chi connectivity index (χ0v) is 47.7. The first-order chi connectivity index (χ1) is 43.0. The third-order valence-electron chi connectivity index (χ3n) is 11.5. The number of amides is 2. The van der Waals surface area contributed by atoms with E-state index in [1.165, 1.54) is 66.7 Å². The number of benzene rings is 6. The molecule has 6 aromatic carbocycles. The highest BCUT2D eigenvalue weighted by Gasteiger charge is 2.27. The van der Waals surface area contributed by atoms with Crippen LogP contribution in [0.1, 0.15) is 46.4 Å². The third-order valence-corrected chi connectivity index (χ3v) is 14.4. The standard InChI is InChI=1S/C46H40N18O22S4/c47-81-39(69)23-7-1-3-9-25(23)57-61-35-29(88-86-84-74)15-20-14-22(89(75,76)77)18-28(34(20)37(35)67)50-42-52-44(56-46(72)54-42)64-60-32(66)12-6-5-11-31(65)59-63-43-51-41(53-45(71)55-43)49-27-17-21(87-85-83-73)13-19-16-30(90(78,79)80)36(38(68)33(19)27)62-58-26-10-4-2-8-24(26)40(70)82-48/h1-4,7-10,13-18,67-68,73-74H,5-6,11-12,47-48H2,(H,59,65)(H,60,66)(H,75,76,77)(H,78,79,80)(H3,49,51,53,55,63,71)(H3,50,52,54,56,64,72). The molecule has 0 bridgehead atoms. The van der Waals surface area contributed by atoms with Gasteiger partial charge in [-0.1, -0.05) is 34.3 Å². The van der Waals surface area contributed by atoms with Gasteiger partial charge in [-0.3, -0.25) is 40.4 Å². The summed E-state index contributed by atoms with van der Waals surface area (Å²) >= 11 is 0.637. The predicted octanol–water partition coefficient (Wildman–Crippen LogP) is 6.06. The van der Waals surface area contributed by atoms with Crippen LogP contribution in [0, 0.1) is 0 Å². The summed E-state index contributed by atoms with van der Waals surface area (Å²) in [5.74, 6) is 2.92. The molecule has 2 amide bonds. The summed E-state index contributed by atoms with van der Waals surface area (Å²) in [4.78, 5) is 79.9. The number of hydrazine groups is 2. The molecule has 470 valence electrons. The van der Waals surface area contributed by atoms with Crippen molar-refractivity contribution in [1.29, 1.82) is 0 Å². The Kier molecular flexibility index (Phi) is 21.1. The van der Waals surface area contributed by atoms with Gasteiger partial charge in [-0.15, -0.1) is 29.1 Å². The lowest BCUT2D eigenvalue weighted by Gasteiger charge is -2.15. The Morgan fingerprint density at radius 3 is 1.51 bits per heavy atom. The fraction of sp³-hybridized carbons (Fsp3) is 0.0870. The van der Waals surface area contributed by atoms with Gasteiger partial charge in [0.15, 0.2) is 11.5 Å². The zero-order chi connectivity index (χ0) is 64.9. The van der Waals surface area contributed by atoms with E-state index >= 15 is 0 Å². The number of nitrogens with one attached hydrogen (secondary N) is 6. The maximum Gasteiger partial charge on any atom is 0.358 e. The molecule has 0 spiro atoms. The van der Waals surface area contributed by atoms with Gasteiger partial charge in [-0.05, 0) is 84.3 Å². The molecule has 0 unspecified atom stereocenters. The highest BCUT2D eigenvalue weighted by Crippen LogP contribution is 2.49. The second kappa shape index (κ2) is 29.0. The van der Waals surface area contributed by atoms with Crippen molar-refractivity contribution < 1.29 is 104 Å². The number of hydrogen-bond donors (Lipinski definition) is 16. The lowest BCUT2D eigenvalue weighted by atomic mass is 10.1. The van der Waals surface area contributed by atoms with Crippen molar-refractivity contribution in [3.05, 3.63) is 96.1 Å². The summed E-state index contributed by atoms with van der Waals surface area (Å²) in [5, 5.41) is 89.4. The van der Waals surface area contributed by atoms with Gasteiger partial charge in [-0.25, -0.2) is 20.1 Å². The fourth-order valence-corrected chi connectivity index (χ4v) is 9.96. The number of azo groups is 2. The summed E-state index contributed by atoms with van der Waals surface area (Å²) in [6, 6.07) is 15.4. The number of carbonyl (C=O) groups excluding carboxylic acids is 4. The van der Waals surface area contributed by atoms with Crippen LogP contribution in [-0.4, -0.2) is 111 Å². The minimum atomic E-state index is -5.20. The number of carbonyl (C=O) groups is 4. The molecular formula is C46H40N18O22S4. The summed E-state index contributed by atoms with van der Waals surface area (Å²) in [6.45, 7) is 0. The van der Waals surface area contributed by atoms with Crippen LogP contribution in [0.15, 0.2) is 125 Å². The molecule has 44 heteroatoms. The molecule has 0 fully saturated rings. The molecule has 0 aliphatic rings. The van der Waals surface area contributed by atoms with Crippen LogP contribution in [0.4, 0.5) is 57.9 Å². The molecule has 0 saturated carbocycles. The highest BCUT2D eigenvalue weighted by molar-refractivity contribution is 7.95. The molecule has 40 nitrogen and oxygen atoms in total. The summed E-state index contributed by atoms with van der Waals surface area (Å²) in [7, 11) is -10.2. The first kappa shape index (κ1) is 65.5. The number of aromatic hydroxyl groups is 4. The average molecular weight is 1330 g/mol. The number of nitrogens with two attached hydrogens (primary N) is 2. The number of unbranched alkanes of at least 4 members (excludes halogenated alkanes) is 1. The molecule has 90 heavy (non-hydrogen) atoms. The molecule has 0 aliphatic carbocycles. The number of phenols is 2. The zero-order valence-electron chi connectivity index (χ0n) is 44.5. The maximum absolute atomic E-state index is 12.9. The number of nitrogens with zero attached hydrogens (tertiary/aromatic N) is 10. The normalized spacial score (nSPS) is 11.7. The molecule has 2 aromatic heterocycles. The van der Waals surface area contributed by atoms with Crippen molar-refractivity contribution in [2.45, 2.75) is 45.3 Å². The smallest absolute Gasteiger partial charge is 0.358 e. The molecule has 0 atom stereocenters. The number of rotatable bonds is 27. The minimum Gasteiger partial charge on any atom is -0.505 e. The number of fused-ring (bicyclic) bond motifs is 2. The quantitative estimate of drug-likeness (QED) is 0.00694. The van der Waals surface area contributed by atoms with E-state index in [9.17, 15) is 65.5 Å². The highest BCUT2D eigenvalue weighted by atomic mass is 32.2. The third kappa shape index (κ3) is 16.4. The van der Waals surface area contributed by atoms with E-state index in [0.717, 1.165) is 18.2 Å². The summed E-state index contributed by atoms with van der Waals surface area (Å²) < 4.78 is 79.5. The topological polar surface area (TPSA) is 605 Å². The van der Waals surface area contributed by atoms with Crippen molar-refractivity contribution in [1.82, 2.24) is 40.8 Å². The van der Waals surface area contributed by atoms with Gasteiger partial charge in [0.2, 0.25) is 35.6 Å². The van der Waals surface area contributed by atoms with E-state index in [1.54, 1.807) is 0 Å². The first-order valence-corrected chi connectivity index (χ1v) is 28.6. The van der Waals surface area contributed by atoms with Crippen molar-refractivity contribution in [2.75, 3.05) is 21.5 Å². The first-order valence-electron chi connectivity index (χ1n) is 24.3. The van der Waals surface area contributed by atoms with E-state index in [0.29, 0.717) is 12.0 Å². The van der Waals surface area contributed by atoms with E-state index in [2.05, 4.69) is 111 Å². The molecule has 8 rings (SSSR count). The molecular weight excluding hydrogens is 1280 g/mol.